The molecule has 2 aromatic rings. The van der Waals surface area contributed by atoms with Gasteiger partial charge in [0, 0.05) is 5.56 Å². The quantitative estimate of drug-likeness (QED) is 0.846. The number of carbonyl (C=O) groups is 1. The van der Waals surface area contributed by atoms with Crippen molar-refractivity contribution in [3.05, 3.63) is 42.7 Å². The molecule has 0 bridgehead atoms. The Morgan fingerprint density at radius 3 is 2.22 bits per heavy atom. The topological polar surface area (TPSA) is 46.5 Å². The van der Waals surface area contributed by atoms with Crippen LogP contribution in [0.1, 0.15) is 15.9 Å². The van der Waals surface area contributed by atoms with Crippen LogP contribution in [0.15, 0.2) is 22.9 Å². The maximum atomic E-state index is 10.8. The number of ether oxygens (including phenoxy) is 1. The van der Waals surface area contributed by atoms with Crippen molar-refractivity contribution in [2.75, 3.05) is 7.11 Å². The first kappa shape index (κ1) is 15.5. The van der Waals surface area contributed by atoms with Gasteiger partial charge in [0.2, 0.25) is 0 Å². The van der Waals surface area contributed by atoms with Gasteiger partial charge in [-0.25, -0.2) is 4.79 Å². The van der Waals surface area contributed by atoms with E-state index in [2.05, 4.69) is 4.74 Å². The van der Waals surface area contributed by atoms with Gasteiger partial charge in [0.15, 0.2) is 0 Å². The van der Waals surface area contributed by atoms with Crippen LogP contribution in [0.5, 0.6) is 0 Å². The maximum absolute atomic E-state index is 10.8. The molecule has 0 aliphatic rings. The number of methoxy groups -OCH3 is 1. The molecular formula is C11H10Cl2O3S2. The summed E-state index contributed by atoms with van der Waals surface area (Å²) in [5, 5.41) is 12.1. The highest BCUT2D eigenvalue weighted by Gasteiger charge is 2.10. The molecule has 3 nitrogen and oxygen atoms in total. The number of esters is 1. The molecule has 0 unspecified atom stereocenters. The molecule has 1 N–H and O–H groups in total. The predicted octanol–water partition coefficient (Wildman–Crippen LogP) is 4.08. The first-order chi connectivity index (χ1) is 8.60. The van der Waals surface area contributed by atoms with Gasteiger partial charge in [-0.3, -0.25) is 0 Å². The second-order valence-electron chi connectivity index (χ2n) is 2.98. The molecule has 0 saturated carbocycles. The molecular weight excluding hydrogens is 315 g/mol. The van der Waals surface area contributed by atoms with Crippen LogP contribution in [0.25, 0.3) is 0 Å². The lowest BCUT2D eigenvalue weighted by Gasteiger charge is -1.93. The lowest BCUT2D eigenvalue weighted by atomic mass is 10.3. The molecule has 0 aliphatic carbocycles. The minimum absolute atomic E-state index is 0.0440. The van der Waals surface area contributed by atoms with Gasteiger partial charge in [-0.15, -0.1) is 22.7 Å². The number of aliphatic hydroxyl groups excluding tert-OH is 1. The first-order valence-corrected chi connectivity index (χ1v) is 7.25. The van der Waals surface area contributed by atoms with Gasteiger partial charge in [-0.1, -0.05) is 23.2 Å². The van der Waals surface area contributed by atoms with E-state index in [4.69, 9.17) is 28.3 Å². The van der Waals surface area contributed by atoms with E-state index < -0.39 is 0 Å². The average molecular weight is 325 g/mol. The summed E-state index contributed by atoms with van der Waals surface area (Å²) in [4.78, 5) is 10.8. The lowest BCUT2D eigenvalue weighted by molar-refractivity contribution is 0.0601. The van der Waals surface area contributed by atoms with Crippen LogP contribution in [0.3, 0.4) is 0 Å². The van der Waals surface area contributed by atoms with Crippen molar-refractivity contribution >= 4 is 51.8 Å². The van der Waals surface area contributed by atoms with Gasteiger partial charge in [0.25, 0.3) is 0 Å². The Labute approximate surface area is 123 Å². The van der Waals surface area contributed by atoms with Crippen molar-refractivity contribution in [2.45, 2.75) is 6.61 Å². The van der Waals surface area contributed by atoms with Crippen molar-refractivity contribution in [3.63, 3.8) is 0 Å². The highest BCUT2D eigenvalue weighted by molar-refractivity contribution is 7.15. The molecule has 0 saturated heterocycles. The van der Waals surface area contributed by atoms with Crippen molar-refractivity contribution in [2.24, 2.45) is 0 Å². The lowest BCUT2D eigenvalue weighted by Crippen LogP contribution is -1.98. The van der Waals surface area contributed by atoms with Crippen LogP contribution < -0.4 is 0 Å². The Morgan fingerprint density at radius 2 is 1.89 bits per heavy atom. The van der Waals surface area contributed by atoms with Gasteiger partial charge in [-0.2, -0.15) is 0 Å². The Hall–Kier alpha value is -0.590. The molecule has 2 heterocycles. The summed E-state index contributed by atoms with van der Waals surface area (Å²) in [7, 11) is 1.33. The zero-order chi connectivity index (χ0) is 13.5. The van der Waals surface area contributed by atoms with Crippen LogP contribution in [-0.4, -0.2) is 18.2 Å². The summed E-state index contributed by atoms with van der Waals surface area (Å²) in [6.45, 7) is 0.0440. The molecule has 0 spiro atoms. The Balaban J connectivity index is 0.000000184. The molecule has 0 radical (unpaired) electrons. The Bertz CT molecular complexity index is 508. The van der Waals surface area contributed by atoms with E-state index in [9.17, 15) is 4.79 Å². The van der Waals surface area contributed by atoms with Gasteiger partial charge >= 0.3 is 5.97 Å². The van der Waals surface area contributed by atoms with Crippen LogP contribution in [0, 0.1) is 0 Å². The molecule has 18 heavy (non-hydrogen) atoms. The van der Waals surface area contributed by atoms with Crippen molar-refractivity contribution in [1.82, 2.24) is 0 Å². The standard InChI is InChI=1S/C6H5ClO2S.C5H5ClOS/c1-9-6(8)4-2-3-10-5(4)7;6-5-4(3-7)1-2-8-5/h2-3H,1H3;1-2,7H,3H2. The highest BCUT2D eigenvalue weighted by Crippen LogP contribution is 2.23. The van der Waals surface area contributed by atoms with Gasteiger partial charge in [0.1, 0.15) is 4.34 Å². The molecule has 98 valence electrons. The molecule has 2 rings (SSSR count). The number of rotatable bonds is 2. The van der Waals surface area contributed by atoms with E-state index in [-0.39, 0.29) is 12.6 Å². The molecule has 7 heteroatoms. The van der Waals surface area contributed by atoms with E-state index in [0.717, 1.165) is 5.56 Å². The number of halogens is 2. The molecule has 0 aromatic carbocycles. The first-order valence-electron chi connectivity index (χ1n) is 4.74. The number of thiophene rings is 2. The van der Waals surface area contributed by atoms with Crippen molar-refractivity contribution < 1.29 is 14.6 Å². The van der Waals surface area contributed by atoms with Crippen LogP contribution in [0.2, 0.25) is 8.67 Å². The van der Waals surface area contributed by atoms with Crippen molar-refractivity contribution in [1.29, 1.82) is 0 Å². The highest BCUT2D eigenvalue weighted by atomic mass is 35.5. The van der Waals surface area contributed by atoms with E-state index in [1.165, 1.54) is 29.8 Å². The maximum Gasteiger partial charge on any atom is 0.340 e. The number of hydrogen-bond donors (Lipinski definition) is 1. The second-order valence-corrected chi connectivity index (χ2v) is 6.01. The fraction of sp³-hybridized carbons (Fsp3) is 0.182. The van der Waals surface area contributed by atoms with Gasteiger partial charge in [-0.05, 0) is 22.9 Å². The Kier molecular flexibility index (Phi) is 6.67. The number of hydrogen-bond acceptors (Lipinski definition) is 5. The minimum atomic E-state index is -0.383. The normalized spacial score (nSPS) is 9.56. The summed E-state index contributed by atoms with van der Waals surface area (Å²) < 4.78 is 5.62. The minimum Gasteiger partial charge on any atom is -0.465 e. The largest absolute Gasteiger partial charge is 0.465 e. The third kappa shape index (κ3) is 4.26. The van der Waals surface area contributed by atoms with Gasteiger partial charge in [0.05, 0.1) is 23.6 Å². The smallest absolute Gasteiger partial charge is 0.340 e. The fourth-order valence-corrected chi connectivity index (χ4v) is 2.79. The van der Waals surface area contributed by atoms with Crippen LogP contribution in [-0.2, 0) is 11.3 Å². The zero-order valence-corrected chi connectivity index (χ0v) is 12.5. The van der Waals surface area contributed by atoms with Crippen LogP contribution >= 0.6 is 45.9 Å². The van der Waals surface area contributed by atoms with E-state index >= 15 is 0 Å². The predicted molar refractivity (Wildman–Crippen MR) is 75.9 cm³/mol. The van der Waals surface area contributed by atoms with Crippen molar-refractivity contribution in [3.8, 4) is 0 Å². The molecule has 2 aromatic heterocycles. The SMILES string of the molecule is COC(=O)c1ccsc1Cl.OCc1ccsc1Cl. The summed E-state index contributed by atoms with van der Waals surface area (Å²) in [6, 6.07) is 3.45. The summed E-state index contributed by atoms with van der Waals surface area (Å²) in [6.07, 6.45) is 0. The summed E-state index contributed by atoms with van der Waals surface area (Å²) in [5.41, 5.74) is 1.26. The number of aliphatic hydroxyl groups is 1. The fourth-order valence-electron chi connectivity index (χ4n) is 0.981. The average Bonchev–Trinajstić information content (AvgIpc) is 2.97. The van der Waals surface area contributed by atoms with Gasteiger partial charge < -0.3 is 9.84 Å². The summed E-state index contributed by atoms with van der Waals surface area (Å²) >= 11 is 14.0. The number of carbonyl (C=O) groups excluding carboxylic acids is 1. The van der Waals surface area contributed by atoms with Crippen LogP contribution in [0.4, 0.5) is 0 Å². The summed E-state index contributed by atoms with van der Waals surface area (Å²) in [5.74, 6) is -0.383. The molecule has 0 atom stereocenters. The Morgan fingerprint density at radius 1 is 1.28 bits per heavy atom. The molecule has 0 aliphatic heterocycles. The third-order valence-corrected chi connectivity index (χ3v) is 4.31. The second kappa shape index (κ2) is 7.76. The molecule has 0 amide bonds. The monoisotopic (exact) mass is 324 g/mol. The van der Waals surface area contributed by atoms with E-state index in [1.807, 2.05) is 11.4 Å². The third-order valence-electron chi connectivity index (χ3n) is 1.89. The van der Waals surface area contributed by atoms with E-state index in [0.29, 0.717) is 14.2 Å². The molecule has 0 fully saturated rings. The van der Waals surface area contributed by atoms with E-state index in [1.54, 1.807) is 11.4 Å². The zero-order valence-electron chi connectivity index (χ0n) is 9.35.